The minimum Gasteiger partial charge on any atom is -0.383 e. The van der Waals surface area contributed by atoms with Gasteiger partial charge in [-0.25, -0.2) is 0 Å². The molecule has 1 unspecified atom stereocenters. The molecule has 0 spiro atoms. The largest absolute Gasteiger partial charge is 0.383 e. The van der Waals surface area contributed by atoms with E-state index < -0.39 is 0 Å². The van der Waals surface area contributed by atoms with E-state index in [1.807, 2.05) is 0 Å². The Labute approximate surface area is 128 Å². The highest BCUT2D eigenvalue weighted by molar-refractivity contribution is 5.80. The summed E-state index contributed by atoms with van der Waals surface area (Å²) in [4.78, 5) is 7.01. The number of methoxy groups -OCH3 is 1. The van der Waals surface area contributed by atoms with Crippen molar-refractivity contribution >= 4 is 5.96 Å². The van der Waals surface area contributed by atoms with Gasteiger partial charge in [0, 0.05) is 26.7 Å². The predicted molar refractivity (Wildman–Crippen MR) is 87.7 cm³/mol. The lowest BCUT2D eigenvalue weighted by Gasteiger charge is -2.21. The highest BCUT2D eigenvalue weighted by Crippen LogP contribution is 2.20. The Bertz CT molecular complexity index is 433. The zero-order chi connectivity index (χ0) is 14.9. The predicted octanol–water partition coefficient (Wildman–Crippen LogP) is 2.16. The molecule has 0 aromatic heterocycles. The first-order valence-electron chi connectivity index (χ1n) is 7.89. The van der Waals surface area contributed by atoms with Crippen molar-refractivity contribution in [2.24, 2.45) is 10.9 Å². The number of aliphatic imine (C=N–C) groups is 1. The minimum atomic E-state index is 0.677. The summed E-state index contributed by atoms with van der Waals surface area (Å²) in [5.74, 6) is 1.75. The molecule has 1 aromatic rings. The summed E-state index contributed by atoms with van der Waals surface area (Å²) in [5.41, 5.74) is 1.44. The van der Waals surface area contributed by atoms with E-state index in [1.165, 1.54) is 12.0 Å². The number of hydrogen-bond acceptors (Lipinski definition) is 2. The van der Waals surface area contributed by atoms with Crippen LogP contribution in [0, 0.1) is 5.92 Å². The molecule has 4 heteroatoms. The monoisotopic (exact) mass is 289 g/mol. The number of nitrogens with one attached hydrogen (secondary N) is 1. The van der Waals surface area contributed by atoms with E-state index in [1.54, 1.807) is 7.11 Å². The van der Waals surface area contributed by atoms with Crippen LogP contribution in [0.3, 0.4) is 0 Å². The van der Waals surface area contributed by atoms with E-state index in [-0.39, 0.29) is 0 Å². The van der Waals surface area contributed by atoms with Crippen molar-refractivity contribution in [2.45, 2.75) is 19.8 Å². The Morgan fingerprint density at radius 3 is 2.90 bits per heavy atom. The normalized spacial score (nSPS) is 19.0. The molecule has 1 aromatic carbocycles. The molecular weight excluding hydrogens is 262 g/mol. The molecule has 21 heavy (non-hydrogen) atoms. The van der Waals surface area contributed by atoms with Crippen molar-refractivity contribution < 1.29 is 4.74 Å². The number of guanidine groups is 1. The molecule has 0 amide bonds. The summed E-state index contributed by atoms with van der Waals surface area (Å²) in [5, 5.41) is 3.39. The van der Waals surface area contributed by atoms with Crippen LogP contribution in [-0.4, -0.2) is 50.8 Å². The zero-order valence-corrected chi connectivity index (χ0v) is 13.2. The first-order chi connectivity index (χ1) is 10.3. The molecule has 1 fully saturated rings. The Hall–Kier alpha value is -1.55. The van der Waals surface area contributed by atoms with Gasteiger partial charge < -0.3 is 15.0 Å². The molecule has 1 heterocycles. The maximum absolute atomic E-state index is 5.08. The summed E-state index contributed by atoms with van der Waals surface area (Å²) >= 11 is 0. The Balaban J connectivity index is 1.88. The molecule has 1 atom stereocenters. The van der Waals surface area contributed by atoms with Gasteiger partial charge in [0.1, 0.15) is 0 Å². The van der Waals surface area contributed by atoms with Gasteiger partial charge in [-0.3, -0.25) is 4.99 Å². The SMILES string of the molecule is CCNC(=NCCOC)N1CCC(Cc2ccccc2)C1. The Morgan fingerprint density at radius 1 is 1.38 bits per heavy atom. The average Bonchev–Trinajstić information content (AvgIpc) is 2.96. The molecule has 116 valence electrons. The smallest absolute Gasteiger partial charge is 0.194 e. The molecule has 0 aliphatic carbocycles. The number of ether oxygens (including phenoxy) is 1. The second kappa shape index (κ2) is 8.67. The standard InChI is InChI=1S/C17H27N3O/c1-3-18-17(19-10-12-21-2)20-11-9-16(14-20)13-15-7-5-4-6-8-15/h4-8,16H,3,9-14H2,1-2H3,(H,18,19). The molecule has 0 saturated carbocycles. The summed E-state index contributed by atoms with van der Waals surface area (Å²) in [6, 6.07) is 10.8. The van der Waals surface area contributed by atoms with Gasteiger partial charge in [-0.1, -0.05) is 30.3 Å². The van der Waals surface area contributed by atoms with E-state index in [4.69, 9.17) is 4.74 Å². The van der Waals surface area contributed by atoms with Gasteiger partial charge in [-0.05, 0) is 31.2 Å². The highest BCUT2D eigenvalue weighted by atomic mass is 16.5. The first-order valence-corrected chi connectivity index (χ1v) is 7.89. The molecular formula is C17H27N3O. The lowest BCUT2D eigenvalue weighted by Crippen LogP contribution is -2.40. The topological polar surface area (TPSA) is 36.9 Å². The van der Waals surface area contributed by atoms with Gasteiger partial charge in [0.05, 0.1) is 13.2 Å². The number of nitrogens with zero attached hydrogens (tertiary/aromatic N) is 2. The third kappa shape index (κ3) is 5.05. The van der Waals surface area contributed by atoms with Gasteiger partial charge in [0.2, 0.25) is 0 Å². The quantitative estimate of drug-likeness (QED) is 0.495. The molecule has 0 radical (unpaired) electrons. The first kappa shape index (κ1) is 15.8. The molecule has 1 aliphatic rings. The Kier molecular flexibility index (Phi) is 6.54. The van der Waals surface area contributed by atoms with Crippen LogP contribution < -0.4 is 5.32 Å². The zero-order valence-electron chi connectivity index (χ0n) is 13.2. The third-order valence-corrected chi connectivity index (χ3v) is 3.84. The van der Waals surface area contributed by atoms with Gasteiger partial charge in [0.15, 0.2) is 5.96 Å². The van der Waals surface area contributed by atoms with Crippen LogP contribution in [0.25, 0.3) is 0 Å². The molecule has 1 saturated heterocycles. The van der Waals surface area contributed by atoms with Gasteiger partial charge in [0.25, 0.3) is 0 Å². The maximum Gasteiger partial charge on any atom is 0.194 e. The lowest BCUT2D eigenvalue weighted by atomic mass is 9.99. The van der Waals surface area contributed by atoms with Gasteiger partial charge >= 0.3 is 0 Å². The van der Waals surface area contributed by atoms with E-state index >= 15 is 0 Å². The van der Waals surface area contributed by atoms with Crippen molar-refractivity contribution in [1.29, 1.82) is 0 Å². The van der Waals surface area contributed by atoms with Crippen molar-refractivity contribution in [1.82, 2.24) is 10.2 Å². The Morgan fingerprint density at radius 2 is 2.19 bits per heavy atom. The van der Waals surface area contributed by atoms with Crippen LogP contribution in [0.4, 0.5) is 0 Å². The second-order valence-electron chi connectivity index (χ2n) is 5.52. The van der Waals surface area contributed by atoms with Crippen LogP contribution in [-0.2, 0) is 11.2 Å². The van der Waals surface area contributed by atoms with Crippen LogP contribution in [0.5, 0.6) is 0 Å². The number of hydrogen-bond donors (Lipinski definition) is 1. The molecule has 0 bridgehead atoms. The summed E-state index contributed by atoms with van der Waals surface area (Å²) in [7, 11) is 1.72. The lowest BCUT2D eigenvalue weighted by molar-refractivity contribution is 0.207. The van der Waals surface area contributed by atoms with E-state index in [9.17, 15) is 0 Å². The van der Waals surface area contributed by atoms with Gasteiger partial charge in [-0.15, -0.1) is 0 Å². The van der Waals surface area contributed by atoms with Crippen LogP contribution in [0.1, 0.15) is 18.9 Å². The molecule has 4 nitrogen and oxygen atoms in total. The number of likely N-dealkylation sites (tertiary alicyclic amines) is 1. The fraction of sp³-hybridized carbons (Fsp3) is 0.588. The van der Waals surface area contributed by atoms with Crippen LogP contribution in [0.15, 0.2) is 35.3 Å². The third-order valence-electron chi connectivity index (χ3n) is 3.84. The maximum atomic E-state index is 5.08. The molecule has 2 rings (SSSR count). The van der Waals surface area contributed by atoms with Crippen LogP contribution in [0.2, 0.25) is 0 Å². The van der Waals surface area contributed by atoms with Crippen molar-refractivity contribution in [2.75, 3.05) is 39.9 Å². The van der Waals surface area contributed by atoms with Crippen molar-refractivity contribution in [3.63, 3.8) is 0 Å². The summed E-state index contributed by atoms with van der Waals surface area (Å²) in [6.45, 7) is 6.61. The fourth-order valence-electron chi connectivity index (χ4n) is 2.81. The van der Waals surface area contributed by atoms with Crippen molar-refractivity contribution in [3.05, 3.63) is 35.9 Å². The second-order valence-corrected chi connectivity index (χ2v) is 5.52. The average molecular weight is 289 g/mol. The van der Waals surface area contributed by atoms with Crippen LogP contribution >= 0.6 is 0 Å². The number of rotatable bonds is 6. The highest BCUT2D eigenvalue weighted by Gasteiger charge is 2.24. The van der Waals surface area contributed by atoms with Gasteiger partial charge in [-0.2, -0.15) is 0 Å². The summed E-state index contributed by atoms with van der Waals surface area (Å²) < 4.78 is 5.08. The summed E-state index contributed by atoms with van der Waals surface area (Å²) in [6.07, 6.45) is 2.40. The number of benzene rings is 1. The minimum absolute atomic E-state index is 0.677. The molecule has 1 aliphatic heterocycles. The van der Waals surface area contributed by atoms with E-state index in [0.717, 1.165) is 44.5 Å². The fourth-order valence-corrected chi connectivity index (χ4v) is 2.81. The van der Waals surface area contributed by atoms with E-state index in [0.29, 0.717) is 6.61 Å². The molecule has 1 N–H and O–H groups in total. The van der Waals surface area contributed by atoms with E-state index in [2.05, 4.69) is 52.5 Å². The van der Waals surface area contributed by atoms with Crippen molar-refractivity contribution in [3.8, 4) is 0 Å².